The molecule has 1 aromatic heterocycles. The number of anilines is 2. The van der Waals surface area contributed by atoms with Gasteiger partial charge in [0.2, 0.25) is 5.95 Å². The summed E-state index contributed by atoms with van der Waals surface area (Å²) in [5, 5.41) is 6.36. The second kappa shape index (κ2) is 6.54. The molecule has 0 spiro atoms. The summed E-state index contributed by atoms with van der Waals surface area (Å²) >= 11 is 0. The Morgan fingerprint density at radius 2 is 2.12 bits per heavy atom. The Morgan fingerprint density at radius 3 is 2.71 bits per heavy atom. The maximum atomic E-state index is 11.2. The monoisotopic (exact) mass is 256 g/mol. The van der Waals surface area contributed by atoms with Crippen LogP contribution in [0.1, 0.15) is 19.5 Å². The van der Waals surface area contributed by atoms with Crippen molar-refractivity contribution in [3.8, 4) is 0 Å². The summed E-state index contributed by atoms with van der Waals surface area (Å²) in [6.07, 6.45) is 1.71. The maximum absolute atomic E-state index is 11.2. The van der Waals surface area contributed by atoms with Crippen LogP contribution < -0.4 is 10.6 Å². The van der Waals surface area contributed by atoms with Gasteiger partial charge in [0.25, 0.3) is 0 Å². The highest BCUT2D eigenvalue weighted by atomic mass is 32.2. The number of aryl methyl sites for hydroxylation is 1. The first-order valence-electron chi connectivity index (χ1n) is 5.68. The summed E-state index contributed by atoms with van der Waals surface area (Å²) < 4.78 is 11.2. The summed E-state index contributed by atoms with van der Waals surface area (Å²) in [6, 6.07) is 1.88. The number of nitrogens with zero attached hydrogens (tertiary/aromatic N) is 2. The van der Waals surface area contributed by atoms with E-state index in [4.69, 9.17) is 0 Å². The molecule has 1 aromatic rings. The lowest BCUT2D eigenvalue weighted by Gasteiger charge is -2.12. The van der Waals surface area contributed by atoms with Crippen molar-refractivity contribution in [3.63, 3.8) is 0 Å². The van der Waals surface area contributed by atoms with Gasteiger partial charge in [-0.1, -0.05) is 0 Å². The largest absolute Gasteiger partial charge is 0.369 e. The maximum Gasteiger partial charge on any atom is 0.224 e. The van der Waals surface area contributed by atoms with Gasteiger partial charge in [0, 0.05) is 47.2 Å². The zero-order valence-corrected chi connectivity index (χ0v) is 11.6. The first-order valence-corrected chi connectivity index (χ1v) is 7.30. The fraction of sp³-hybridized carbons (Fsp3) is 0.636. The van der Waals surface area contributed by atoms with Crippen molar-refractivity contribution in [3.05, 3.63) is 11.8 Å². The zero-order valence-electron chi connectivity index (χ0n) is 10.8. The van der Waals surface area contributed by atoms with Crippen molar-refractivity contribution in [2.45, 2.75) is 26.0 Å². The number of aromatic nitrogens is 2. The van der Waals surface area contributed by atoms with Crippen LogP contribution in [-0.4, -0.2) is 38.8 Å². The van der Waals surface area contributed by atoms with Crippen LogP contribution >= 0.6 is 0 Å². The summed E-state index contributed by atoms with van der Waals surface area (Å²) in [5.41, 5.74) is 0.906. The van der Waals surface area contributed by atoms with E-state index in [9.17, 15) is 4.21 Å². The molecule has 2 N–H and O–H groups in total. The highest BCUT2D eigenvalue weighted by Gasteiger charge is 2.07. The molecule has 0 amide bonds. The Balaban J connectivity index is 2.67. The van der Waals surface area contributed by atoms with E-state index >= 15 is 0 Å². The van der Waals surface area contributed by atoms with Gasteiger partial charge in [0.1, 0.15) is 5.82 Å². The van der Waals surface area contributed by atoms with Crippen molar-refractivity contribution in [1.29, 1.82) is 0 Å². The second-order valence-electron chi connectivity index (χ2n) is 3.94. The Morgan fingerprint density at radius 1 is 1.41 bits per heavy atom. The van der Waals surface area contributed by atoms with Crippen LogP contribution in [0.2, 0.25) is 0 Å². The molecule has 0 radical (unpaired) electrons. The number of nitrogens with one attached hydrogen (secondary N) is 2. The molecule has 17 heavy (non-hydrogen) atoms. The van der Waals surface area contributed by atoms with E-state index in [1.165, 1.54) is 0 Å². The van der Waals surface area contributed by atoms with Gasteiger partial charge >= 0.3 is 0 Å². The molecule has 0 aromatic carbocycles. The summed E-state index contributed by atoms with van der Waals surface area (Å²) in [4.78, 5) is 8.59. The minimum absolute atomic E-state index is 0.104. The molecule has 1 rings (SSSR count). The molecule has 0 aliphatic rings. The molecular formula is C11H20N4OS. The Bertz CT molecular complexity index is 397. The minimum Gasteiger partial charge on any atom is -0.369 e. The molecule has 6 heteroatoms. The van der Waals surface area contributed by atoms with E-state index < -0.39 is 10.8 Å². The average molecular weight is 256 g/mol. The van der Waals surface area contributed by atoms with Crippen molar-refractivity contribution >= 4 is 22.6 Å². The van der Waals surface area contributed by atoms with Crippen LogP contribution in [0.25, 0.3) is 0 Å². The normalized spacial score (nSPS) is 14.1. The molecule has 0 fully saturated rings. The number of hydrogen-bond donors (Lipinski definition) is 2. The third-order valence-corrected chi connectivity index (χ3v) is 3.63. The average Bonchev–Trinajstić information content (AvgIpc) is 2.25. The van der Waals surface area contributed by atoms with Gasteiger partial charge in [0.15, 0.2) is 0 Å². The summed E-state index contributed by atoms with van der Waals surface area (Å²) in [5.74, 6) is 1.39. The topological polar surface area (TPSA) is 66.9 Å². The third-order valence-electron chi connectivity index (χ3n) is 2.33. The minimum atomic E-state index is -0.820. The molecule has 0 saturated heterocycles. The quantitative estimate of drug-likeness (QED) is 0.805. The molecule has 5 nitrogen and oxygen atoms in total. The molecule has 2 unspecified atom stereocenters. The molecule has 0 aliphatic carbocycles. The van der Waals surface area contributed by atoms with E-state index in [0.717, 1.165) is 18.1 Å². The predicted octanol–water partition coefficient (Wildman–Crippen LogP) is 1.40. The second-order valence-corrected chi connectivity index (χ2v) is 5.74. The number of hydrogen-bond acceptors (Lipinski definition) is 5. The molecule has 1 heterocycles. The highest BCUT2D eigenvalue weighted by Crippen LogP contribution is 2.09. The molecule has 0 bridgehead atoms. The zero-order chi connectivity index (χ0) is 12.8. The van der Waals surface area contributed by atoms with Gasteiger partial charge < -0.3 is 10.6 Å². The first-order chi connectivity index (χ1) is 8.02. The van der Waals surface area contributed by atoms with Gasteiger partial charge in [-0.25, -0.2) is 4.98 Å². The lowest BCUT2D eigenvalue weighted by Crippen LogP contribution is -2.21. The standard InChI is InChI=1S/C11H20N4OS/c1-5-12-11-14-8(2)6-10(15-11)13-7-9(3)17(4)16/h6,9H,5,7H2,1-4H3,(H2,12,13,14,15). The van der Waals surface area contributed by atoms with Crippen LogP contribution in [0, 0.1) is 6.92 Å². The van der Waals surface area contributed by atoms with Gasteiger partial charge in [0.05, 0.1) is 0 Å². The van der Waals surface area contributed by atoms with Gasteiger partial charge in [-0.15, -0.1) is 0 Å². The fourth-order valence-corrected chi connectivity index (χ4v) is 1.58. The van der Waals surface area contributed by atoms with E-state index in [0.29, 0.717) is 12.5 Å². The van der Waals surface area contributed by atoms with E-state index in [2.05, 4.69) is 20.6 Å². The Labute approximate surface area is 105 Å². The van der Waals surface area contributed by atoms with Gasteiger partial charge in [-0.05, 0) is 20.8 Å². The lowest BCUT2D eigenvalue weighted by atomic mass is 10.4. The van der Waals surface area contributed by atoms with Crippen molar-refractivity contribution in [2.24, 2.45) is 0 Å². The summed E-state index contributed by atoms with van der Waals surface area (Å²) in [7, 11) is -0.820. The predicted molar refractivity (Wildman–Crippen MR) is 73.0 cm³/mol. The van der Waals surface area contributed by atoms with Gasteiger partial charge in [-0.2, -0.15) is 4.98 Å². The fourth-order valence-electron chi connectivity index (χ4n) is 1.26. The molecule has 0 aliphatic heterocycles. The smallest absolute Gasteiger partial charge is 0.224 e. The SMILES string of the molecule is CCNc1nc(C)cc(NCC(C)S(C)=O)n1. The van der Waals surface area contributed by atoms with Crippen molar-refractivity contribution in [2.75, 3.05) is 30.0 Å². The lowest BCUT2D eigenvalue weighted by molar-refractivity contribution is 0.679. The first kappa shape index (κ1) is 13.9. The van der Waals surface area contributed by atoms with Crippen LogP contribution in [-0.2, 0) is 10.8 Å². The molecular weight excluding hydrogens is 236 g/mol. The van der Waals surface area contributed by atoms with E-state index in [1.54, 1.807) is 6.26 Å². The van der Waals surface area contributed by atoms with Crippen molar-refractivity contribution in [1.82, 2.24) is 9.97 Å². The molecule has 96 valence electrons. The third kappa shape index (κ3) is 4.68. The Kier molecular flexibility index (Phi) is 5.34. The van der Waals surface area contributed by atoms with Crippen LogP contribution in [0.15, 0.2) is 6.07 Å². The van der Waals surface area contributed by atoms with Crippen LogP contribution in [0.5, 0.6) is 0 Å². The van der Waals surface area contributed by atoms with E-state index in [1.807, 2.05) is 26.8 Å². The van der Waals surface area contributed by atoms with E-state index in [-0.39, 0.29) is 5.25 Å². The number of rotatable bonds is 6. The van der Waals surface area contributed by atoms with Crippen molar-refractivity contribution < 1.29 is 4.21 Å². The Hall–Kier alpha value is -1.17. The van der Waals surface area contributed by atoms with Gasteiger partial charge in [-0.3, -0.25) is 4.21 Å². The molecule has 2 atom stereocenters. The van der Waals surface area contributed by atoms with Crippen LogP contribution in [0.3, 0.4) is 0 Å². The summed E-state index contributed by atoms with van der Waals surface area (Å²) in [6.45, 7) is 7.31. The van der Waals surface area contributed by atoms with Crippen LogP contribution in [0.4, 0.5) is 11.8 Å². The highest BCUT2D eigenvalue weighted by molar-refractivity contribution is 7.84. The molecule has 0 saturated carbocycles.